The van der Waals surface area contributed by atoms with Gasteiger partial charge in [0.1, 0.15) is 18.2 Å². The van der Waals surface area contributed by atoms with Crippen LogP contribution in [0.2, 0.25) is 0 Å². The van der Waals surface area contributed by atoms with E-state index < -0.39 is 6.04 Å². The number of hydrogen-bond acceptors (Lipinski definition) is 3. The number of fused-ring (bicyclic) bond motifs is 1. The number of nitrogens with zero attached hydrogens (tertiary/aromatic N) is 1. The van der Waals surface area contributed by atoms with Crippen molar-refractivity contribution in [2.24, 2.45) is 5.73 Å². The third-order valence-electron chi connectivity index (χ3n) is 2.97. The largest absolute Gasteiger partial charge is 0.489 e. The van der Waals surface area contributed by atoms with E-state index in [1.54, 1.807) is 11.0 Å². The van der Waals surface area contributed by atoms with Gasteiger partial charge in [-0.05, 0) is 18.6 Å². The Bertz CT molecular complexity index is 451. The van der Waals surface area contributed by atoms with E-state index in [4.69, 9.17) is 10.5 Å². The van der Waals surface area contributed by atoms with E-state index in [-0.39, 0.29) is 11.7 Å². The highest BCUT2D eigenvalue weighted by molar-refractivity contribution is 5.98. The molecule has 0 fully saturated rings. The van der Waals surface area contributed by atoms with Crippen LogP contribution in [0.1, 0.15) is 19.8 Å². The van der Waals surface area contributed by atoms with Crippen molar-refractivity contribution >= 4 is 11.6 Å². The number of rotatable bonds is 3. The minimum absolute atomic E-state index is 0.131. The van der Waals surface area contributed by atoms with Crippen molar-refractivity contribution < 1.29 is 13.9 Å². The Hall–Kier alpha value is -1.62. The van der Waals surface area contributed by atoms with Gasteiger partial charge in [0, 0.05) is 6.07 Å². The van der Waals surface area contributed by atoms with Gasteiger partial charge >= 0.3 is 0 Å². The van der Waals surface area contributed by atoms with Gasteiger partial charge in [0.05, 0.1) is 18.3 Å². The fraction of sp³-hybridized carbons (Fsp3) is 0.462. The third kappa shape index (κ3) is 2.46. The lowest BCUT2D eigenvalue weighted by Gasteiger charge is -2.31. The number of carbonyl (C=O) groups is 1. The van der Waals surface area contributed by atoms with Gasteiger partial charge in [-0.2, -0.15) is 0 Å². The highest BCUT2D eigenvalue weighted by atomic mass is 19.1. The fourth-order valence-corrected chi connectivity index (χ4v) is 2.06. The zero-order chi connectivity index (χ0) is 13.1. The summed E-state index contributed by atoms with van der Waals surface area (Å²) in [5, 5.41) is 0. The first-order valence-electron chi connectivity index (χ1n) is 6.12. The summed E-state index contributed by atoms with van der Waals surface area (Å²) in [7, 11) is 0. The fourth-order valence-electron chi connectivity index (χ4n) is 2.06. The minimum atomic E-state index is -0.508. The Kier molecular flexibility index (Phi) is 3.81. The van der Waals surface area contributed by atoms with Gasteiger partial charge in [-0.3, -0.25) is 4.79 Å². The summed E-state index contributed by atoms with van der Waals surface area (Å²) in [5.41, 5.74) is 6.44. The predicted octanol–water partition coefficient (Wildman–Crippen LogP) is 1.68. The zero-order valence-electron chi connectivity index (χ0n) is 10.4. The molecule has 4 nitrogen and oxygen atoms in total. The van der Waals surface area contributed by atoms with E-state index in [2.05, 4.69) is 0 Å². The van der Waals surface area contributed by atoms with Crippen LogP contribution in [0.4, 0.5) is 10.1 Å². The number of anilines is 1. The van der Waals surface area contributed by atoms with E-state index in [0.29, 0.717) is 31.0 Å². The molecule has 1 aliphatic heterocycles. The monoisotopic (exact) mass is 252 g/mol. The van der Waals surface area contributed by atoms with Crippen LogP contribution in [0, 0.1) is 5.82 Å². The average Bonchev–Trinajstić information content (AvgIpc) is 2.37. The summed E-state index contributed by atoms with van der Waals surface area (Å²) >= 11 is 0. The maximum absolute atomic E-state index is 13.1. The lowest BCUT2D eigenvalue weighted by Crippen LogP contribution is -2.47. The molecule has 1 aromatic carbocycles. The van der Waals surface area contributed by atoms with Gasteiger partial charge < -0.3 is 15.4 Å². The molecule has 18 heavy (non-hydrogen) atoms. The first-order valence-corrected chi connectivity index (χ1v) is 6.12. The molecule has 1 aromatic rings. The van der Waals surface area contributed by atoms with Crippen LogP contribution in [0.3, 0.4) is 0 Å². The van der Waals surface area contributed by atoms with Gasteiger partial charge in [0.25, 0.3) is 0 Å². The molecule has 1 aliphatic rings. The normalized spacial score (nSPS) is 15.8. The summed E-state index contributed by atoms with van der Waals surface area (Å²) in [6.07, 6.45) is 1.50. The van der Waals surface area contributed by atoms with E-state index in [1.807, 2.05) is 6.92 Å². The molecule has 1 amide bonds. The van der Waals surface area contributed by atoms with Gasteiger partial charge in [0.2, 0.25) is 5.91 Å². The van der Waals surface area contributed by atoms with Crippen LogP contribution in [0.15, 0.2) is 18.2 Å². The van der Waals surface area contributed by atoms with Crippen molar-refractivity contribution in [2.75, 3.05) is 18.1 Å². The van der Waals surface area contributed by atoms with E-state index in [9.17, 15) is 9.18 Å². The second-order valence-electron chi connectivity index (χ2n) is 4.35. The molecule has 0 bridgehead atoms. The van der Waals surface area contributed by atoms with E-state index >= 15 is 0 Å². The van der Waals surface area contributed by atoms with Gasteiger partial charge in [-0.15, -0.1) is 0 Å². The van der Waals surface area contributed by atoms with E-state index in [0.717, 1.165) is 6.42 Å². The molecule has 2 N–H and O–H groups in total. The Morgan fingerprint density at radius 2 is 2.39 bits per heavy atom. The maximum Gasteiger partial charge on any atom is 0.244 e. The molecule has 0 radical (unpaired) electrons. The number of hydrogen-bond donors (Lipinski definition) is 1. The molecule has 5 heteroatoms. The summed E-state index contributed by atoms with van der Waals surface area (Å²) in [4.78, 5) is 13.8. The molecule has 0 saturated carbocycles. The highest BCUT2D eigenvalue weighted by Gasteiger charge is 2.27. The number of benzene rings is 1. The molecule has 2 rings (SSSR count). The highest BCUT2D eigenvalue weighted by Crippen LogP contribution is 2.32. The van der Waals surface area contributed by atoms with Crippen LogP contribution >= 0.6 is 0 Å². The molecule has 1 unspecified atom stereocenters. The second-order valence-corrected chi connectivity index (χ2v) is 4.35. The zero-order valence-corrected chi connectivity index (χ0v) is 10.4. The first kappa shape index (κ1) is 12.8. The van der Waals surface area contributed by atoms with Crippen molar-refractivity contribution in [1.29, 1.82) is 0 Å². The van der Waals surface area contributed by atoms with Gasteiger partial charge in [-0.1, -0.05) is 13.3 Å². The molecular formula is C13H17FN2O2. The topological polar surface area (TPSA) is 55.6 Å². The Labute approximate surface area is 106 Å². The predicted molar refractivity (Wildman–Crippen MR) is 67.1 cm³/mol. The van der Waals surface area contributed by atoms with Crippen LogP contribution in [0.5, 0.6) is 5.75 Å². The van der Waals surface area contributed by atoms with Crippen LogP contribution in [-0.4, -0.2) is 25.1 Å². The molecule has 1 atom stereocenters. The Morgan fingerprint density at radius 3 is 3.11 bits per heavy atom. The number of amides is 1. The van der Waals surface area contributed by atoms with Crippen molar-refractivity contribution in [3.63, 3.8) is 0 Å². The number of carbonyl (C=O) groups excluding carboxylic acids is 1. The van der Waals surface area contributed by atoms with Crippen molar-refractivity contribution in [3.8, 4) is 5.75 Å². The lowest BCUT2D eigenvalue weighted by molar-refractivity contribution is -0.120. The number of halogens is 1. The SMILES string of the molecule is CCCC(N)C(=O)N1CCOc2cc(F)ccc21. The summed E-state index contributed by atoms with van der Waals surface area (Å²) < 4.78 is 18.4. The smallest absolute Gasteiger partial charge is 0.244 e. The molecule has 98 valence electrons. The first-order chi connectivity index (χ1) is 8.63. The Balaban J connectivity index is 2.24. The summed E-state index contributed by atoms with van der Waals surface area (Å²) in [6.45, 7) is 2.80. The molecule has 0 saturated heterocycles. The summed E-state index contributed by atoms with van der Waals surface area (Å²) in [6, 6.07) is 3.66. The third-order valence-corrected chi connectivity index (χ3v) is 2.97. The van der Waals surface area contributed by atoms with Gasteiger partial charge in [0.15, 0.2) is 0 Å². The van der Waals surface area contributed by atoms with Crippen molar-refractivity contribution in [3.05, 3.63) is 24.0 Å². The van der Waals surface area contributed by atoms with Crippen molar-refractivity contribution in [1.82, 2.24) is 0 Å². The second kappa shape index (κ2) is 5.35. The average molecular weight is 252 g/mol. The minimum Gasteiger partial charge on any atom is -0.489 e. The number of nitrogens with two attached hydrogens (primary N) is 1. The van der Waals surface area contributed by atoms with Crippen molar-refractivity contribution in [2.45, 2.75) is 25.8 Å². The quantitative estimate of drug-likeness (QED) is 0.890. The van der Waals surface area contributed by atoms with Gasteiger partial charge in [-0.25, -0.2) is 4.39 Å². The van der Waals surface area contributed by atoms with Crippen LogP contribution in [-0.2, 0) is 4.79 Å². The molecule has 0 aliphatic carbocycles. The number of ether oxygens (including phenoxy) is 1. The molecule has 0 aromatic heterocycles. The molecular weight excluding hydrogens is 235 g/mol. The standard InChI is InChI=1S/C13H17FN2O2/c1-2-3-10(15)13(17)16-6-7-18-12-8-9(14)4-5-11(12)16/h4-5,8,10H,2-3,6-7,15H2,1H3. The molecule has 1 heterocycles. The van der Waals surface area contributed by atoms with Crippen LogP contribution in [0.25, 0.3) is 0 Å². The van der Waals surface area contributed by atoms with Crippen LogP contribution < -0.4 is 15.4 Å². The maximum atomic E-state index is 13.1. The van der Waals surface area contributed by atoms with E-state index in [1.165, 1.54) is 12.1 Å². The Morgan fingerprint density at radius 1 is 1.61 bits per heavy atom. The summed E-state index contributed by atoms with van der Waals surface area (Å²) in [5.74, 6) is -0.104. The molecule has 0 spiro atoms. The lowest BCUT2D eigenvalue weighted by atomic mass is 10.1.